The summed E-state index contributed by atoms with van der Waals surface area (Å²) < 4.78 is 52.4. The van der Waals surface area contributed by atoms with Crippen molar-refractivity contribution in [1.82, 2.24) is 19.6 Å². The first kappa shape index (κ1) is 34.8. The van der Waals surface area contributed by atoms with Gasteiger partial charge in [0.05, 0.1) is 25.5 Å². The number of ether oxygens (including phenoxy) is 2. The molecule has 0 bridgehead atoms. The molecule has 3 aromatic heterocycles. The Morgan fingerprint density at radius 1 is 0.811 bits per heavy atom. The standard InChI is InChI=1S/C40H34F3N7O3/c1-25-7-16-33-32(19-20-44-37(33)47-29-6-4-5-28(21-29)40(41,42)43)36(25)48-39(51)35-18-17-34-38(45-24-46-50(34)35)49(22-26-8-12-30(52-2)13-9-26)23-27-10-14-31(53-3)15-11-27/h4-21,24H,22-23H2,1-3H3,(H,44,47)(H,48,51). The summed E-state index contributed by atoms with van der Waals surface area (Å²) in [7, 11) is 3.25. The van der Waals surface area contributed by atoms with E-state index in [1.165, 1.54) is 18.5 Å². The largest absolute Gasteiger partial charge is 0.497 e. The van der Waals surface area contributed by atoms with E-state index < -0.39 is 17.6 Å². The quantitative estimate of drug-likeness (QED) is 0.137. The molecule has 0 aliphatic heterocycles. The van der Waals surface area contributed by atoms with E-state index in [0.717, 1.165) is 40.3 Å². The third-order valence-corrected chi connectivity index (χ3v) is 8.87. The fraction of sp³-hybridized carbons (Fsp3) is 0.150. The minimum absolute atomic E-state index is 0.231. The summed E-state index contributed by atoms with van der Waals surface area (Å²) in [4.78, 5) is 25.2. The van der Waals surface area contributed by atoms with Crippen molar-refractivity contribution in [2.24, 2.45) is 0 Å². The summed E-state index contributed by atoms with van der Waals surface area (Å²) >= 11 is 0. The molecule has 0 aliphatic rings. The zero-order valence-electron chi connectivity index (χ0n) is 29.0. The van der Waals surface area contributed by atoms with Crippen LogP contribution in [0.15, 0.2) is 116 Å². The number of fused-ring (bicyclic) bond motifs is 2. The number of carbonyl (C=O) groups is 1. The predicted octanol–water partition coefficient (Wildman–Crippen LogP) is 8.82. The van der Waals surface area contributed by atoms with Crippen LogP contribution < -0.4 is 25.0 Å². The van der Waals surface area contributed by atoms with Crippen molar-refractivity contribution in [3.63, 3.8) is 0 Å². The van der Waals surface area contributed by atoms with Crippen molar-refractivity contribution in [3.05, 3.63) is 144 Å². The number of halogens is 3. The fourth-order valence-corrected chi connectivity index (χ4v) is 6.16. The van der Waals surface area contributed by atoms with Crippen LogP contribution in [0.2, 0.25) is 0 Å². The molecule has 13 heteroatoms. The van der Waals surface area contributed by atoms with Gasteiger partial charge in [0.25, 0.3) is 5.91 Å². The van der Waals surface area contributed by atoms with E-state index in [1.807, 2.05) is 73.7 Å². The number of amides is 1. The number of aromatic nitrogens is 4. The Bertz CT molecular complexity index is 2360. The van der Waals surface area contributed by atoms with Crippen LogP contribution in [0.3, 0.4) is 0 Å². The predicted molar refractivity (Wildman–Crippen MR) is 198 cm³/mol. The molecular formula is C40H34F3N7O3. The lowest BCUT2D eigenvalue weighted by Gasteiger charge is -2.25. The van der Waals surface area contributed by atoms with E-state index >= 15 is 0 Å². The molecule has 2 N–H and O–H groups in total. The molecule has 0 spiro atoms. The smallest absolute Gasteiger partial charge is 0.416 e. The Hall–Kier alpha value is -6.63. The van der Waals surface area contributed by atoms with Gasteiger partial charge in [-0.1, -0.05) is 42.5 Å². The normalized spacial score (nSPS) is 11.4. The molecule has 0 saturated heterocycles. The van der Waals surface area contributed by atoms with Crippen molar-refractivity contribution in [3.8, 4) is 11.5 Å². The number of anilines is 4. The molecule has 7 aromatic rings. The average molecular weight is 718 g/mol. The number of methoxy groups -OCH3 is 2. The van der Waals surface area contributed by atoms with Gasteiger partial charge in [0.15, 0.2) is 5.82 Å². The zero-order chi connectivity index (χ0) is 37.1. The van der Waals surface area contributed by atoms with Gasteiger partial charge in [-0.15, -0.1) is 0 Å². The number of nitrogens with zero attached hydrogens (tertiary/aromatic N) is 5. The highest BCUT2D eigenvalue weighted by Gasteiger charge is 2.30. The van der Waals surface area contributed by atoms with Gasteiger partial charge in [0.1, 0.15) is 34.9 Å². The molecule has 3 heterocycles. The van der Waals surface area contributed by atoms with Crippen LogP contribution in [-0.2, 0) is 19.3 Å². The number of carbonyl (C=O) groups excluding carboxylic acids is 1. The van der Waals surface area contributed by atoms with Crippen molar-refractivity contribution in [2.45, 2.75) is 26.2 Å². The van der Waals surface area contributed by atoms with E-state index in [0.29, 0.717) is 46.7 Å². The molecule has 53 heavy (non-hydrogen) atoms. The molecule has 0 fully saturated rings. The lowest BCUT2D eigenvalue weighted by molar-refractivity contribution is -0.137. The molecule has 1 amide bonds. The van der Waals surface area contributed by atoms with Crippen LogP contribution in [0, 0.1) is 6.92 Å². The maximum absolute atomic E-state index is 14.0. The first-order valence-corrected chi connectivity index (χ1v) is 16.6. The van der Waals surface area contributed by atoms with E-state index in [9.17, 15) is 18.0 Å². The Balaban J connectivity index is 1.20. The maximum Gasteiger partial charge on any atom is 0.416 e. The fourth-order valence-electron chi connectivity index (χ4n) is 6.16. The van der Waals surface area contributed by atoms with Gasteiger partial charge in [-0.25, -0.2) is 14.5 Å². The topological polar surface area (TPSA) is 106 Å². The highest BCUT2D eigenvalue weighted by atomic mass is 19.4. The van der Waals surface area contributed by atoms with Crippen LogP contribution in [0.25, 0.3) is 16.3 Å². The zero-order valence-corrected chi connectivity index (χ0v) is 29.0. The second kappa shape index (κ2) is 14.5. The number of rotatable bonds is 11. The summed E-state index contributed by atoms with van der Waals surface area (Å²) in [5.74, 6) is 2.07. The molecule has 0 aliphatic carbocycles. The van der Waals surface area contributed by atoms with Gasteiger partial charge in [0.2, 0.25) is 0 Å². The van der Waals surface area contributed by atoms with Gasteiger partial charge in [-0.3, -0.25) is 4.79 Å². The van der Waals surface area contributed by atoms with Crippen molar-refractivity contribution < 1.29 is 27.4 Å². The highest BCUT2D eigenvalue weighted by Crippen LogP contribution is 2.35. The Labute approximate surface area is 302 Å². The van der Waals surface area contributed by atoms with Crippen LogP contribution >= 0.6 is 0 Å². The van der Waals surface area contributed by atoms with E-state index in [4.69, 9.17) is 9.47 Å². The van der Waals surface area contributed by atoms with Gasteiger partial charge in [0, 0.05) is 35.7 Å². The summed E-state index contributed by atoms with van der Waals surface area (Å²) in [5.41, 5.74) is 3.75. The number of pyridine rings is 1. The average Bonchev–Trinajstić information content (AvgIpc) is 3.61. The lowest BCUT2D eigenvalue weighted by Crippen LogP contribution is -2.24. The van der Waals surface area contributed by atoms with Crippen LogP contribution in [-0.4, -0.2) is 39.7 Å². The SMILES string of the molecule is COc1ccc(CN(Cc2ccc(OC)cc2)c2ncnn3c(C(=O)Nc4c(C)ccc5c(Nc6cccc(C(F)(F)F)c6)nccc45)ccc23)cc1. The summed E-state index contributed by atoms with van der Waals surface area (Å²) in [5, 5.41) is 11.8. The first-order valence-electron chi connectivity index (χ1n) is 16.6. The second-order valence-electron chi connectivity index (χ2n) is 12.3. The number of benzene rings is 4. The third kappa shape index (κ3) is 7.40. The first-order chi connectivity index (χ1) is 25.6. The summed E-state index contributed by atoms with van der Waals surface area (Å²) in [6.45, 7) is 2.88. The second-order valence-corrected chi connectivity index (χ2v) is 12.3. The summed E-state index contributed by atoms with van der Waals surface area (Å²) in [6.07, 6.45) is -1.52. The van der Waals surface area contributed by atoms with E-state index in [-0.39, 0.29) is 11.4 Å². The Morgan fingerprint density at radius 3 is 2.13 bits per heavy atom. The monoisotopic (exact) mass is 717 g/mol. The van der Waals surface area contributed by atoms with E-state index in [1.54, 1.807) is 37.1 Å². The summed E-state index contributed by atoms with van der Waals surface area (Å²) in [6, 6.07) is 29.4. The van der Waals surface area contributed by atoms with Gasteiger partial charge >= 0.3 is 6.18 Å². The Morgan fingerprint density at radius 2 is 1.49 bits per heavy atom. The van der Waals surface area contributed by atoms with Crippen LogP contribution in [0.1, 0.15) is 32.7 Å². The van der Waals surface area contributed by atoms with Crippen molar-refractivity contribution in [2.75, 3.05) is 29.8 Å². The minimum atomic E-state index is -4.49. The number of hydrogen-bond donors (Lipinski definition) is 2. The molecule has 0 saturated carbocycles. The minimum Gasteiger partial charge on any atom is -0.497 e. The molecule has 268 valence electrons. The molecule has 10 nitrogen and oxygen atoms in total. The van der Waals surface area contributed by atoms with Gasteiger partial charge in [-0.05, 0) is 84.3 Å². The van der Waals surface area contributed by atoms with Crippen molar-refractivity contribution in [1.29, 1.82) is 0 Å². The number of alkyl halides is 3. The molecule has 0 radical (unpaired) electrons. The van der Waals surface area contributed by atoms with E-state index in [2.05, 4.69) is 30.6 Å². The van der Waals surface area contributed by atoms with Crippen molar-refractivity contribution >= 4 is 45.2 Å². The molecule has 0 unspecified atom stereocenters. The molecular weight excluding hydrogens is 683 g/mol. The lowest BCUT2D eigenvalue weighted by atomic mass is 10.1. The maximum atomic E-state index is 14.0. The van der Waals surface area contributed by atoms with Crippen LogP contribution in [0.4, 0.5) is 36.2 Å². The number of hydrogen-bond acceptors (Lipinski definition) is 8. The highest BCUT2D eigenvalue weighted by molar-refractivity contribution is 6.11. The van der Waals surface area contributed by atoms with Gasteiger partial charge in [-0.2, -0.15) is 18.3 Å². The molecule has 0 atom stereocenters. The van der Waals surface area contributed by atoms with Gasteiger partial charge < -0.3 is 25.0 Å². The Kier molecular flexibility index (Phi) is 9.55. The number of nitrogens with one attached hydrogen (secondary N) is 2. The molecule has 4 aromatic carbocycles. The third-order valence-electron chi connectivity index (χ3n) is 8.87. The van der Waals surface area contributed by atoms with Crippen LogP contribution in [0.5, 0.6) is 11.5 Å². The number of aryl methyl sites for hydroxylation is 1. The molecule has 7 rings (SSSR count).